The Labute approximate surface area is 214 Å². The zero-order chi connectivity index (χ0) is 27.7. The summed E-state index contributed by atoms with van der Waals surface area (Å²) in [6.45, 7) is 0.593. The van der Waals surface area contributed by atoms with Gasteiger partial charge >= 0.3 is 11.9 Å². The zero-order valence-corrected chi connectivity index (χ0v) is 20.9. The van der Waals surface area contributed by atoms with E-state index in [1.165, 1.54) is 0 Å². The lowest BCUT2D eigenvalue weighted by Crippen LogP contribution is -2.57. The minimum Gasteiger partial charge on any atom is -0.481 e. The molecule has 0 aromatic heterocycles. The lowest BCUT2D eigenvalue weighted by atomic mass is 10.1. The van der Waals surface area contributed by atoms with Gasteiger partial charge in [-0.15, -0.1) is 0 Å². The van der Waals surface area contributed by atoms with Crippen LogP contribution in [0.5, 0.6) is 0 Å². The second-order valence-corrected chi connectivity index (χ2v) is 8.34. The fourth-order valence-electron chi connectivity index (χ4n) is 2.95. The van der Waals surface area contributed by atoms with Gasteiger partial charge in [0.05, 0.1) is 6.04 Å². The van der Waals surface area contributed by atoms with Gasteiger partial charge in [-0.3, -0.25) is 24.2 Å². The summed E-state index contributed by atoms with van der Waals surface area (Å²) < 4.78 is 0. The van der Waals surface area contributed by atoms with Crippen LogP contribution in [0, 0.1) is 0 Å². The van der Waals surface area contributed by atoms with Crippen LogP contribution in [0.25, 0.3) is 0 Å². The first kappa shape index (κ1) is 32.9. The number of carbonyl (C=O) groups excluding carboxylic acids is 3. The Kier molecular flexibility index (Phi) is 16.6. The molecule has 3 amide bonds. The van der Waals surface area contributed by atoms with Crippen LogP contribution in [-0.2, 0) is 24.0 Å². The van der Waals surface area contributed by atoms with Crippen molar-refractivity contribution in [1.82, 2.24) is 16.0 Å². The fraction of sp³-hybridized carbons (Fsp3) is 0.700. The van der Waals surface area contributed by atoms with Gasteiger partial charge in [0, 0.05) is 18.7 Å². The smallest absolute Gasteiger partial charge is 0.326 e. The van der Waals surface area contributed by atoms with Gasteiger partial charge in [0.15, 0.2) is 5.96 Å². The molecule has 0 rings (SSSR count). The summed E-state index contributed by atoms with van der Waals surface area (Å²) in [6, 6.07) is -4.71. The van der Waals surface area contributed by atoms with Crippen LogP contribution < -0.4 is 38.9 Å². The van der Waals surface area contributed by atoms with Crippen LogP contribution >= 0.6 is 12.6 Å². The van der Waals surface area contributed by atoms with E-state index in [1.807, 2.05) is 0 Å². The number of rotatable bonds is 19. The third-order valence-electron chi connectivity index (χ3n) is 4.96. The van der Waals surface area contributed by atoms with E-state index in [-0.39, 0.29) is 37.5 Å². The highest BCUT2D eigenvalue weighted by molar-refractivity contribution is 7.80. The van der Waals surface area contributed by atoms with Gasteiger partial charge in [0.25, 0.3) is 0 Å². The van der Waals surface area contributed by atoms with Crippen molar-refractivity contribution in [3.63, 3.8) is 0 Å². The Morgan fingerprint density at radius 2 is 1.39 bits per heavy atom. The maximum absolute atomic E-state index is 12.8. The molecule has 0 aliphatic carbocycles. The Morgan fingerprint density at radius 3 is 1.92 bits per heavy atom. The lowest BCUT2D eigenvalue weighted by Gasteiger charge is -2.24. The van der Waals surface area contributed by atoms with Crippen LogP contribution in [-0.4, -0.2) is 88.8 Å². The third kappa shape index (κ3) is 14.3. The predicted octanol–water partition coefficient (Wildman–Crippen LogP) is -3.17. The molecule has 0 aliphatic rings. The summed E-state index contributed by atoms with van der Waals surface area (Å²) >= 11 is 4.08. The van der Waals surface area contributed by atoms with Crippen LogP contribution in [0.3, 0.4) is 0 Å². The molecular formula is C20H38N8O7S. The number of unbranched alkanes of at least 4 members (excludes halogenated alkanes) is 1. The maximum Gasteiger partial charge on any atom is 0.326 e. The number of aliphatic imine (C=N–C) groups is 1. The van der Waals surface area contributed by atoms with E-state index >= 15 is 0 Å². The topological polar surface area (TPSA) is 278 Å². The first-order chi connectivity index (χ1) is 16.9. The van der Waals surface area contributed by atoms with E-state index in [0.717, 1.165) is 0 Å². The number of thiol groups is 1. The number of hydrogen-bond donors (Lipinski definition) is 10. The Hall–Kier alpha value is -3.11. The van der Waals surface area contributed by atoms with Gasteiger partial charge < -0.3 is 49.1 Å². The first-order valence-corrected chi connectivity index (χ1v) is 12.0. The number of nitrogens with two attached hydrogens (primary N) is 4. The number of carboxylic acids is 2. The van der Waals surface area contributed by atoms with E-state index in [0.29, 0.717) is 25.8 Å². The van der Waals surface area contributed by atoms with Gasteiger partial charge in [-0.25, -0.2) is 4.79 Å². The largest absolute Gasteiger partial charge is 0.481 e. The van der Waals surface area contributed by atoms with Crippen molar-refractivity contribution in [2.75, 3.05) is 18.8 Å². The molecule has 16 heteroatoms. The average Bonchev–Trinajstić information content (AvgIpc) is 2.80. The van der Waals surface area contributed by atoms with E-state index in [2.05, 4.69) is 33.6 Å². The highest BCUT2D eigenvalue weighted by Crippen LogP contribution is 2.05. The molecule has 4 unspecified atom stereocenters. The highest BCUT2D eigenvalue weighted by atomic mass is 32.1. The van der Waals surface area contributed by atoms with Crippen molar-refractivity contribution in [2.45, 2.75) is 69.1 Å². The number of hydrogen-bond acceptors (Lipinski definition) is 9. The number of carboxylic acid groups (broad SMARTS) is 2. The van der Waals surface area contributed by atoms with Crippen molar-refractivity contribution >= 4 is 48.2 Å². The maximum atomic E-state index is 12.8. The summed E-state index contributed by atoms with van der Waals surface area (Å²) in [5, 5.41) is 25.3. The van der Waals surface area contributed by atoms with Crippen LogP contribution in [0.1, 0.15) is 44.9 Å². The minimum atomic E-state index is -1.49. The third-order valence-corrected chi connectivity index (χ3v) is 5.33. The van der Waals surface area contributed by atoms with Gasteiger partial charge in [-0.1, -0.05) is 6.42 Å². The summed E-state index contributed by atoms with van der Waals surface area (Å²) in [6.07, 6.45) is 1.11. The molecule has 0 saturated heterocycles. The Balaban J connectivity index is 5.36. The lowest BCUT2D eigenvalue weighted by molar-refractivity contribution is -0.143. The van der Waals surface area contributed by atoms with Crippen LogP contribution in [0.4, 0.5) is 0 Å². The van der Waals surface area contributed by atoms with Crippen LogP contribution in [0.2, 0.25) is 0 Å². The van der Waals surface area contributed by atoms with Crippen molar-refractivity contribution in [1.29, 1.82) is 0 Å². The number of aliphatic carboxylic acids is 2. The first-order valence-electron chi connectivity index (χ1n) is 11.4. The van der Waals surface area contributed by atoms with Gasteiger partial charge in [0.1, 0.15) is 18.1 Å². The molecule has 4 atom stereocenters. The summed E-state index contributed by atoms with van der Waals surface area (Å²) in [4.78, 5) is 64.0. The molecule has 0 heterocycles. The number of nitrogens with zero attached hydrogens (tertiary/aromatic N) is 1. The van der Waals surface area contributed by atoms with E-state index < -0.39 is 60.2 Å². The second kappa shape index (κ2) is 18.2. The van der Waals surface area contributed by atoms with Crippen LogP contribution in [0.15, 0.2) is 4.99 Å². The fourth-order valence-corrected chi connectivity index (χ4v) is 3.21. The average molecular weight is 535 g/mol. The molecule has 0 spiro atoms. The molecule has 36 heavy (non-hydrogen) atoms. The zero-order valence-electron chi connectivity index (χ0n) is 20.0. The number of carbonyl (C=O) groups is 5. The van der Waals surface area contributed by atoms with E-state index in [4.69, 9.17) is 28.0 Å². The molecule has 15 nitrogen and oxygen atoms in total. The molecule has 0 saturated carbocycles. The SMILES string of the molecule is NCCCCC(N)C(=O)NC(CS)C(=O)NC(CCCN=C(N)N)C(=O)NC(CCC(=O)O)C(=O)O. The molecule has 0 bridgehead atoms. The summed E-state index contributed by atoms with van der Waals surface area (Å²) in [5.41, 5.74) is 21.8. The predicted molar refractivity (Wildman–Crippen MR) is 135 cm³/mol. The van der Waals surface area contributed by atoms with Crippen molar-refractivity contribution in [2.24, 2.45) is 27.9 Å². The molecule has 0 aromatic rings. The normalized spacial score (nSPS) is 14.0. The van der Waals surface area contributed by atoms with Gasteiger partial charge in [-0.05, 0) is 38.6 Å². The van der Waals surface area contributed by atoms with Crippen molar-refractivity contribution in [3.8, 4) is 0 Å². The molecule has 13 N–H and O–H groups in total. The minimum absolute atomic E-state index is 0.0193. The van der Waals surface area contributed by atoms with Gasteiger partial charge in [0.2, 0.25) is 17.7 Å². The molecule has 0 fully saturated rings. The number of nitrogens with one attached hydrogen (secondary N) is 3. The highest BCUT2D eigenvalue weighted by Gasteiger charge is 2.29. The molecule has 0 aromatic carbocycles. The monoisotopic (exact) mass is 534 g/mol. The van der Waals surface area contributed by atoms with Crippen molar-refractivity contribution in [3.05, 3.63) is 0 Å². The Morgan fingerprint density at radius 1 is 0.806 bits per heavy atom. The molecule has 0 radical (unpaired) electrons. The quantitative estimate of drug-likeness (QED) is 0.0341. The molecule has 206 valence electrons. The second-order valence-electron chi connectivity index (χ2n) is 7.98. The molecule has 0 aliphatic heterocycles. The number of amides is 3. The van der Waals surface area contributed by atoms with Gasteiger partial charge in [-0.2, -0.15) is 12.6 Å². The standard InChI is InChI=1S/C20H38N8O7S/c21-8-2-1-4-11(22)16(31)28-14(10-36)18(33)26-12(5-3-9-25-20(23)24)17(32)27-13(19(34)35)6-7-15(29)30/h11-14,36H,1-10,21-22H2,(H,26,33)(H,27,32)(H,28,31)(H,29,30)(H,34,35)(H4,23,24,25). The summed E-state index contributed by atoms with van der Waals surface area (Å²) in [7, 11) is 0. The van der Waals surface area contributed by atoms with E-state index in [9.17, 15) is 29.1 Å². The number of guanidine groups is 1. The van der Waals surface area contributed by atoms with Crippen molar-refractivity contribution < 1.29 is 34.2 Å². The Bertz CT molecular complexity index is 779. The van der Waals surface area contributed by atoms with E-state index in [1.54, 1.807) is 0 Å². The summed E-state index contributed by atoms with van der Waals surface area (Å²) in [5.74, 6) is -5.10. The molecular weight excluding hydrogens is 496 g/mol.